The number of rotatable bonds is 4. The second-order valence-electron chi connectivity index (χ2n) is 2.93. The van der Waals surface area contributed by atoms with Gasteiger partial charge in [0.05, 0.1) is 11.3 Å². The lowest BCUT2D eigenvalue weighted by Crippen LogP contribution is -2.09. The maximum atomic E-state index is 10.8. The van der Waals surface area contributed by atoms with E-state index >= 15 is 0 Å². The van der Waals surface area contributed by atoms with Gasteiger partial charge in [-0.1, -0.05) is 30.3 Å². The van der Waals surface area contributed by atoms with E-state index in [9.17, 15) is 10.1 Å². The number of nitrogens with zero attached hydrogens (tertiary/aromatic N) is 1. The normalized spacial score (nSPS) is 12.1. The van der Waals surface area contributed by atoms with Gasteiger partial charge < -0.3 is 5.73 Å². The average molecular weight is 224 g/mol. The molecule has 80 valence electrons. The number of benzene rings is 1. The summed E-state index contributed by atoms with van der Waals surface area (Å²) in [6, 6.07) is 9.26. The Balaban J connectivity index is 2.91. The van der Waals surface area contributed by atoms with E-state index in [0.717, 1.165) is 5.56 Å². The molecule has 1 aromatic carbocycles. The third kappa shape index (κ3) is 3.28. The lowest BCUT2D eigenvalue weighted by molar-refractivity contribution is -0.427. The van der Waals surface area contributed by atoms with E-state index in [2.05, 4.69) is 0 Å². The van der Waals surface area contributed by atoms with Crippen molar-refractivity contribution >= 4 is 11.8 Å². The maximum Gasteiger partial charge on any atom is 0.279 e. The van der Waals surface area contributed by atoms with Gasteiger partial charge >= 0.3 is 0 Å². The van der Waals surface area contributed by atoms with Crippen LogP contribution in [0.15, 0.2) is 41.1 Å². The fourth-order valence-electron chi connectivity index (χ4n) is 1.15. The molecule has 0 fully saturated rings. The number of thioether (sulfide) groups is 1. The van der Waals surface area contributed by atoms with Gasteiger partial charge in [-0.2, -0.15) is 0 Å². The summed E-state index contributed by atoms with van der Waals surface area (Å²) in [6.45, 7) is 0. The topological polar surface area (TPSA) is 69.2 Å². The Hall–Kier alpha value is -1.49. The van der Waals surface area contributed by atoms with Crippen molar-refractivity contribution in [2.45, 2.75) is 6.42 Å². The van der Waals surface area contributed by atoms with Gasteiger partial charge in [-0.15, -0.1) is 11.8 Å². The molecule has 15 heavy (non-hydrogen) atoms. The fraction of sp³-hybridized carbons (Fsp3) is 0.200. The van der Waals surface area contributed by atoms with Gasteiger partial charge in [-0.25, -0.2) is 0 Å². The summed E-state index contributed by atoms with van der Waals surface area (Å²) >= 11 is 1.20. The third-order valence-electron chi connectivity index (χ3n) is 1.94. The Bertz CT molecular complexity index is 376. The molecule has 0 aliphatic heterocycles. The summed E-state index contributed by atoms with van der Waals surface area (Å²) in [4.78, 5) is 10.3. The van der Waals surface area contributed by atoms with E-state index in [0.29, 0.717) is 0 Å². The Kier molecular flexibility index (Phi) is 4.17. The molecule has 0 aliphatic carbocycles. The number of hydrogen-bond donors (Lipinski definition) is 1. The van der Waals surface area contributed by atoms with E-state index in [1.807, 2.05) is 30.3 Å². The first-order valence-electron chi connectivity index (χ1n) is 4.36. The van der Waals surface area contributed by atoms with Crippen molar-refractivity contribution in [1.82, 2.24) is 0 Å². The monoisotopic (exact) mass is 224 g/mol. The minimum Gasteiger partial charge on any atom is -0.388 e. The largest absolute Gasteiger partial charge is 0.388 e. The van der Waals surface area contributed by atoms with E-state index in [4.69, 9.17) is 5.73 Å². The predicted octanol–water partition coefficient (Wildman–Crippen LogP) is 2.00. The molecule has 2 N–H and O–H groups in total. The van der Waals surface area contributed by atoms with Crippen molar-refractivity contribution < 1.29 is 4.92 Å². The number of allylic oxidation sites excluding steroid dienone is 1. The molecule has 0 amide bonds. The van der Waals surface area contributed by atoms with Gasteiger partial charge in [0.2, 0.25) is 0 Å². The summed E-state index contributed by atoms with van der Waals surface area (Å²) in [7, 11) is 0. The Labute approximate surface area is 92.3 Å². The quantitative estimate of drug-likeness (QED) is 0.627. The van der Waals surface area contributed by atoms with Gasteiger partial charge in [-0.3, -0.25) is 10.1 Å². The minimum absolute atomic E-state index is 0.0636. The van der Waals surface area contributed by atoms with Crippen LogP contribution in [0.4, 0.5) is 0 Å². The fourth-order valence-corrected chi connectivity index (χ4v) is 1.53. The first-order chi connectivity index (χ1) is 7.15. The second-order valence-corrected chi connectivity index (χ2v) is 3.78. The predicted molar refractivity (Wildman–Crippen MR) is 61.9 cm³/mol. The zero-order valence-electron chi connectivity index (χ0n) is 8.34. The lowest BCUT2D eigenvalue weighted by atomic mass is 10.1. The Morgan fingerprint density at radius 2 is 2.07 bits per heavy atom. The van der Waals surface area contributed by atoms with Crippen molar-refractivity contribution in [3.8, 4) is 0 Å². The van der Waals surface area contributed by atoms with Crippen LogP contribution < -0.4 is 5.73 Å². The first kappa shape index (κ1) is 11.6. The van der Waals surface area contributed by atoms with Crippen LogP contribution in [0.2, 0.25) is 0 Å². The summed E-state index contributed by atoms with van der Waals surface area (Å²) in [5, 5.41) is 11.0. The zero-order chi connectivity index (χ0) is 11.3. The molecule has 0 saturated heterocycles. The van der Waals surface area contributed by atoms with Gasteiger partial charge in [0.1, 0.15) is 5.03 Å². The average Bonchev–Trinajstić information content (AvgIpc) is 2.26. The molecule has 0 aliphatic rings. The second kappa shape index (κ2) is 5.41. The smallest absolute Gasteiger partial charge is 0.279 e. The van der Waals surface area contributed by atoms with Crippen LogP contribution in [0.25, 0.3) is 0 Å². The molecule has 0 atom stereocenters. The van der Waals surface area contributed by atoms with Crippen LogP contribution >= 0.6 is 11.8 Å². The summed E-state index contributed by atoms with van der Waals surface area (Å²) in [6.07, 6.45) is 1.99. The Morgan fingerprint density at radius 1 is 1.47 bits per heavy atom. The maximum absolute atomic E-state index is 10.8. The molecule has 0 spiro atoms. The van der Waals surface area contributed by atoms with Crippen LogP contribution in [-0.4, -0.2) is 11.2 Å². The number of nitro groups is 1. The molecule has 0 aromatic heterocycles. The van der Waals surface area contributed by atoms with Gasteiger partial charge in [0, 0.05) is 0 Å². The van der Waals surface area contributed by atoms with Crippen LogP contribution in [0, 0.1) is 10.1 Å². The number of hydrogen-bond acceptors (Lipinski definition) is 4. The molecule has 0 heterocycles. The highest BCUT2D eigenvalue weighted by Crippen LogP contribution is 2.16. The highest BCUT2D eigenvalue weighted by atomic mass is 32.2. The van der Waals surface area contributed by atoms with Crippen LogP contribution in [0.5, 0.6) is 0 Å². The van der Waals surface area contributed by atoms with Crippen molar-refractivity contribution in [2.75, 3.05) is 6.26 Å². The molecule has 1 aromatic rings. The summed E-state index contributed by atoms with van der Waals surface area (Å²) in [5.74, 6) is 0. The molecule has 1 rings (SSSR count). The van der Waals surface area contributed by atoms with Crippen LogP contribution in [-0.2, 0) is 6.42 Å². The molecule has 0 bridgehead atoms. The molecule has 5 heteroatoms. The minimum atomic E-state index is -0.418. The van der Waals surface area contributed by atoms with Crippen molar-refractivity contribution in [3.05, 3.63) is 56.7 Å². The van der Waals surface area contributed by atoms with Gasteiger partial charge in [0.15, 0.2) is 0 Å². The molecule has 0 unspecified atom stereocenters. The third-order valence-corrected chi connectivity index (χ3v) is 2.61. The van der Waals surface area contributed by atoms with Crippen LogP contribution in [0.3, 0.4) is 0 Å². The van der Waals surface area contributed by atoms with Gasteiger partial charge in [0.25, 0.3) is 5.70 Å². The van der Waals surface area contributed by atoms with E-state index in [1.165, 1.54) is 11.8 Å². The molecule has 4 nitrogen and oxygen atoms in total. The van der Waals surface area contributed by atoms with Crippen molar-refractivity contribution in [2.24, 2.45) is 5.73 Å². The standard InChI is InChI=1S/C10H12N2O2S/c1-15-10(11)9(12(13)14)7-8-5-3-2-4-6-8/h2-6H,7,11H2,1H3. The molecule has 0 saturated carbocycles. The highest BCUT2D eigenvalue weighted by molar-refractivity contribution is 8.02. The zero-order valence-corrected chi connectivity index (χ0v) is 9.16. The number of nitrogens with two attached hydrogens (primary N) is 1. The van der Waals surface area contributed by atoms with Gasteiger partial charge in [-0.05, 0) is 11.8 Å². The van der Waals surface area contributed by atoms with E-state index in [-0.39, 0.29) is 17.1 Å². The van der Waals surface area contributed by atoms with Crippen LogP contribution in [0.1, 0.15) is 5.56 Å². The summed E-state index contributed by atoms with van der Waals surface area (Å²) < 4.78 is 0. The summed E-state index contributed by atoms with van der Waals surface area (Å²) in [5.41, 5.74) is 6.52. The van der Waals surface area contributed by atoms with E-state index < -0.39 is 4.92 Å². The van der Waals surface area contributed by atoms with Crippen molar-refractivity contribution in [3.63, 3.8) is 0 Å². The highest BCUT2D eigenvalue weighted by Gasteiger charge is 2.16. The Morgan fingerprint density at radius 3 is 2.53 bits per heavy atom. The van der Waals surface area contributed by atoms with Crippen molar-refractivity contribution in [1.29, 1.82) is 0 Å². The molecule has 0 radical (unpaired) electrons. The molecular weight excluding hydrogens is 212 g/mol. The lowest BCUT2D eigenvalue weighted by Gasteiger charge is -2.02. The first-order valence-corrected chi connectivity index (χ1v) is 5.58. The van der Waals surface area contributed by atoms with E-state index in [1.54, 1.807) is 6.26 Å². The molecular formula is C10H12N2O2S. The SMILES string of the molecule is CSC(N)=C(Cc1ccccc1)[N+](=O)[O-].